The number of carbonyl (C=O) groups is 1. The fraction of sp³-hybridized carbons (Fsp3) is 0.278. The molecule has 2 aromatic rings. The van der Waals surface area contributed by atoms with E-state index >= 15 is 0 Å². The van der Waals surface area contributed by atoms with Crippen LogP contribution in [0.5, 0.6) is 5.75 Å². The summed E-state index contributed by atoms with van der Waals surface area (Å²) in [5, 5.41) is 0.480. The number of halogens is 1. The number of ether oxygens (including phenoxy) is 1. The smallest absolute Gasteiger partial charge is 0.260 e. The Balaban J connectivity index is 2.03. The van der Waals surface area contributed by atoms with Crippen molar-refractivity contribution in [3.05, 3.63) is 53.6 Å². The normalized spacial score (nSPS) is 11.8. The highest BCUT2D eigenvalue weighted by Gasteiger charge is 2.15. The third-order valence-corrected chi connectivity index (χ3v) is 4.08. The van der Waals surface area contributed by atoms with Gasteiger partial charge in [0.2, 0.25) is 0 Å². The lowest BCUT2D eigenvalue weighted by Gasteiger charge is -2.23. The van der Waals surface area contributed by atoms with Gasteiger partial charge in [0.1, 0.15) is 5.75 Å². The topological polar surface area (TPSA) is 55.6 Å². The molecular formula is C18H21ClN2O2. The molecule has 0 radical (unpaired) electrons. The van der Waals surface area contributed by atoms with Crippen LogP contribution in [0.15, 0.2) is 48.5 Å². The predicted octanol–water partition coefficient (Wildman–Crippen LogP) is 3.19. The van der Waals surface area contributed by atoms with Crippen LogP contribution < -0.4 is 10.5 Å². The first-order valence-corrected chi connectivity index (χ1v) is 7.84. The van der Waals surface area contributed by atoms with E-state index in [1.807, 2.05) is 49.4 Å². The maximum absolute atomic E-state index is 12.0. The van der Waals surface area contributed by atoms with Gasteiger partial charge in [0, 0.05) is 19.6 Å². The average Bonchev–Trinajstić information content (AvgIpc) is 2.59. The van der Waals surface area contributed by atoms with Gasteiger partial charge in [0.05, 0.1) is 5.02 Å². The third-order valence-electron chi connectivity index (χ3n) is 3.79. The molecule has 0 spiro atoms. The first-order valence-electron chi connectivity index (χ1n) is 7.46. The number of nitrogens with zero attached hydrogens (tertiary/aromatic N) is 1. The zero-order chi connectivity index (χ0) is 16.8. The van der Waals surface area contributed by atoms with Gasteiger partial charge >= 0.3 is 0 Å². The van der Waals surface area contributed by atoms with Crippen LogP contribution in [0.2, 0.25) is 5.02 Å². The standard InChI is InChI=1S/C18H21ClN2O2/c1-13(11-20)21(2)18(22)12-23-17-9-8-15(10-16(17)19)14-6-4-3-5-7-14/h3-10,13H,11-12,20H2,1-2H3. The van der Waals surface area contributed by atoms with Crippen LogP contribution in [0.1, 0.15) is 6.92 Å². The first kappa shape index (κ1) is 17.3. The molecule has 0 aliphatic carbocycles. The number of hydrogen-bond acceptors (Lipinski definition) is 3. The second kappa shape index (κ2) is 7.99. The van der Waals surface area contributed by atoms with Crippen molar-refractivity contribution in [2.75, 3.05) is 20.2 Å². The summed E-state index contributed by atoms with van der Waals surface area (Å²) in [6, 6.07) is 15.5. The SMILES string of the molecule is CC(CN)N(C)C(=O)COc1ccc(-c2ccccc2)cc1Cl. The fourth-order valence-corrected chi connectivity index (χ4v) is 2.31. The zero-order valence-corrected chi connectivity index (χ0v) is 14.1. The quantitative estimate of drug-likeness (QED) is 0.883. The van der Waals surface area contributed by atoms with Crippen LogP contribution in [0.4, 0.5) is 0 Å². The monoisotopic (exact) mass is 332 g/mol. The minimum absolute atomic E-state index is 0.0259. The Bertz CT molecular complexity index is 661. The molecule has 0 fully saturated rings. The van der Waals surface area contributed by atoms with Crippen LogP contribution in [0, 0.1) is 0 Å². The molecule has 1 unspecified atom stereocenters. The van der Waals surface area contributed by atoms with Crippen LogP contribution in [0.3, 0.4) is 0 Å². The van der Waals surface area contributed by atoms with E-state index in [-0.39, 0.29) is 18.6 Å². The van der Waals surface area contributed by atoms with Gasteiger partial charge in [-0.3, -0.25) is 4.79 Å². The largest absolute Gasteiger partial charge is 0.482 e. The maximum Gasteiger partial charge on any atom is 0.260 e. The van der Waals surface area contributed by atoms with Crippen molar-refractivity contribution in [3.63, 3.8) is 0 Å². The van der Waals surface area contributed by atoms with Gasteiger partial charge in [0.15, 0.2) is 6.61 Å². The van der Waals surface area contributed by atoms with Gasteiger partial charge in [-0.25, -0.2) is 0 Å². The van der Waals surface area contributed by atoms with E-state index in [0.29, 0.717) is 17.3 Å². The minimum Gasteiger partial charge on any atom is -0.482 e. The van der Waals surface area contributed by atoms with E-state index in [9.17, 15) is 4.79 Å². The van der Waals surface area contributed by atoms with Gasteiger partial charge < -0.3 is 15.4 Å². The molecule has 4 nitrogen and oxygen atoms in total. The van der Waals surface area contributed by atoms with Gasteiger partial charge in [-0.2, -0.15) is 0 Å². The second-order valence-corrected chi connectivity index (χ2v) is 5.80. The van der Waals surface area contributed by atoms with Gasteiger partial charge in [-0.1, -0.05) is 48.0 Å². The lowest BCUT2D eigenvalue weighted by molar-refractivity contribution is -0.133. The van der Waals surface area contributed by atoms with E-state index in [4.69, 9.17) is 22.1 Å². The molecule has 0 saturated heterocycles. The highest BCUT2D eigenvalue weighted by Crippen LogP contribution is 2.30. The number of hydrogen-bond donors (Lipinski definition) is 1. The molecule has 5 heteroatoms. The molecule has 0 aliphatic heterocycles. The lowest BCUT2D eigenvalue weighted by Crippen LogP contribution is -2.42. The van der Waals surface area contributed by atoms with Gasteiger partial charge in [-0.15, -0.1) is 0 Å². The first-order chi connectivity index (χ1) is 11.0. The molecule has 2 rings (SSSR count). The summed E-state index contributed by atoms with van der Waals surface area (Å²) in [5.74, 6) is 0.361. The molecule has 0 bridgehead atoms. The highest BCUT2D eigenvalue weighted by molar-refractivity contribution is 6.32. The molecule has 0 heterocycles. The number of rotatable bonds is 6. The average molecular weight is 333 g/mol. The Hall–Kier alpha value is -2.04. The van der Waals surface area contributed by atoms with Crippen LogP contribution in [-0.4, -0.2) is 37.0 Å². The van der Waals surface area contributed by atoms with Crippen molar-refractivity contribution in [3.8, 4) is 16.9 Å². The van der Waals surface area contributed by atoms with Crippen molar-refractivity contribution in [1.82, 2.24) is 4.90 Å². The number of carbonyl (C=O) groups excluding carboxylic acids is 1. The molecular weight excluding hydrogens is 312 g/mol. The van der Waals surface area contributed by atoms with Crippen molar-refractivity contribution in [1.29, 1.82) is 0 Å². The van der Waals surface area contributed by atoms with Crippen molar-refractivity contribution < 1.29 is 9.53 Å². The summed E-state index contributed by atoms with van der Waals surface area (Å²) < 4.78 is 5.54. The second-order valence-electron chi connectivity index (χ2n) is 5.39. The molecule has 0 aromatic heterocycles. The highest BCUT2D eigenvalue weighted by atomic mass is 35.5. The Morgan fingerprint density at radius 3 is 2.52 bits per heavy atom. The Morgan fingerprint density at radius 1 is 1.22 bits per heavy atom. The summed E-state index contributed by atoms with van der Waals surface area (Å²) in [7, 11) is 1.71. The van der Waals surface area contributed by atoms with Crippen molar-refractivity contribution >= 4 is 17.5 Å². The predicted molar refractivity (Wildman–Crippen MR) is 93.7 cm³/mol. The molecule has 2 N–H and O–H groups in total. The Kier molecular flexibility index (Phi) is 6.02. The molecule has 1 amide bonds. The van der Waals surface area contributed by atoms with Crippen LogP contribution in [-0.2, 0) is 4.79 Å². The summed E-state index contributed by atoms with van der Waals surface area (Å²) in [5.41, 5.74) is 7.64. The summed E-state index contributed by atoms with van der Waals surface area (Å²) in [4.78, 5) is 13.6. The third kappa shape index (κ3) is 4.47. The van der Waals surface area contributed by atoms with E-state index in [1.54, 1.807) is 18.0 Å². The molecule has 0 saturated carbocycles. The van der Waals surface area contributed by atoms with Crippen molar-refractivity contribution in [2.24, 2.45) is 5.73 Å². The van der Waals surface area contributed by atoms with Crippen molar-refractivity contribution in [2.45, 2.75) is 13.0 Å². The summed E-state index contributed by atoms with van der Waals surface area (Å²) in [6.45, 7) is 2.24. The lowest BCUT2D eigenvalue weighted by atomic mass is 10.1. The van der Waals surface area contributed by atoms with E-state index in [1.165, 1.54) is 0 Å². The molecule has 23 heavy (non-hydrogen) atoms. The molecule has 0 aliphatic rings. The molecule has 1 atom stereocenters. The zero-order valence-electron chi connectivity index (χ0n) is 13.3. The minimum atomic E-state index is -0.133. The van der Waals surface area contributed by atoms with Gasteiger partial charge in [0.25, 0.3) is 5.91 Å². The van der Waals surface area contributed by atoms with E-state index in [0.717, 1.165) is 11.1 Å². The molecule has 2 aromatic carbocycles. The Morgan fingerprint density at radius 2 is 1.91 bits per heavy atom. The van der Waals surface area contributed by atoms with E-state index < -0.39 is 0 Å². The molecule has 122 valence electrons. The Labute approximate surface area is 141 Å². The summed E-state index contributed by atoms with van der Waals surface area (Å²) in [6.07, 6.45) is 0. The maximum atomic E-state index is 12.0. The van der Waals surface area contributed by atoms with Crippen LogP contribution in [0.25, 0.3) is 11.1 Å². The number of likely N-dealkylation sites (N-methyl/N-ethyl adjacent to an activating group) is 1. The fourth-order valence-electron chi connectivity index (χ4n) is 2.07. The number of amides is 1. The van der Waals surface area contributed by atoms with E-state index in [2.05, 4.69) is 0 Å². The number of nitrogens with two attached hydrogens (primary N) is 1. The van der Waals surface area contributed by atoms with Gasteiger partial charge in [-0.05, 0) is 30.2 Å². The number of benzene rings is 2. The summed E-state index contributed by atoms with van der Waals surface area (Å²) >= 11 is 6.26. The van der Waals surface area contributed by atoms with Crippen LogP contribution >= 0.6 is 11.6 Å².